The van der Waals surface area contributed by atoms with Gasteiger partial charge in [-0.2, -0.15) is 0 Å². The summed E-state index contributed by atoms with van der Waals surface area (Å²) >= 11 is 0. The summed E-state index contributed by atoms with van der Waals surface area (Å²) in [5.74, 6) is 0.171. The van der Waals surface area contributed by atoms with E-state index in [9.17, 15) is 14.4 Å². The summed E-state index contributed by atoms with van der Waals surface area (Å²) in [6.45, 7) is 2.49. The Kier molecular flexibility index (Phi) is 6.69. The minimum Gasteiger partial charge on any atom is -0.468 e. The average Bonchev–Trinajstić information content (AvgIpc) is 3.24. The van der Waals surface area contributed by atoms with Gasteiger partial charge >= 0.3 is 5.97 Å². The standard InChI is InChI=1S/C26H32N2O7/c1-32-25(31)26-8-4-2-3-5-22(26)28(16-18-6-7-20-21(13-18)35-17-34-20)24(30)19(15-26)14-23(29)27-9-11-33-12-10-27/h5-7,13,19H,2-4,8-12,14-17H2,1H3/t19-,26+/m1/s1. The molecule has 3 heterocycles. The van der Waals surface area contributed by atoms with E-state index in [0.717, 1.165) is 24.8 Å². The first kappa shape index (κ1) is 23.7. The van der Waals surface area contributed by atoms with Crippen molar-refractivity contribution < 1.29 is 33.3 Å². The Hall–Kier alpha value is -3.07. The second-order valence-corrected chi connectivity index (χ2v) is 9.62. The van der Waals surface area contributed by atoms with E-state index >= 15 is 0 Å². The predicted octanol–water partition coefficient (Wildman–Crippen LogP) is 2.63. The number of carbonyl (C=O) groups is 3. The van der Waals surface area contributed by atoms with Crippen LogP contribution in [0.3, 0.4) is 0 Å². The summed E-state index contributed by atoms with van der Waals surface area (Å²) in [5.41, 5.74) is 0.636. The first-order valence-electron chi connectivity index (χ1n) is 12.4. The van der Waals surface area contributed by atoms with E-state index in [2.05, 4.69) is 0 Å². The molecule has 0 bridgehead atoms. The van der Waals surface area contributed by atoms with Crippen LogP contribution in [0.25, 0.3) is 0 Å². The molecule has 0 radical (unpaired) electrons. The van der Waals surface area contributed by atoms with Crippen molar-refractivity contribution in [3.05, 3.63) is 35.5 Å². The molecule has 9 nitrogen and oxygen atoms in total. The SMILES string of the molecule is COC(=O)[C@]12CCCCC=C1N(Cc1ccc3c(c1)OCO3)C(=O)[C@H](CC(=O)N1CCOCC1)C2. The minimum atomic E-state index is -0.939. The number of amides is 2. The lowest BCUT2D eigenvalue weighted by molar-refractivity contribution is -0.160. The number of methoxy groups -OCH3 is 1. The number of rotatable bonds is 5. The third-order valence-electron chi connectivity index (χ3n) is 7.53. The van der Waals surface area contributed by atoms with Crippen LogP contribution in [-0.4, -0.2) is 67.8 Å². The molecule has 1 aliphatic carbocycles. The van der Waals surface area contributed by atoms with Gasteiger partial charge in [0, 0.05) is 31.1 Å². The zero-order valence-electron chi connectivity index (χ0n) is 20.1. The van der Waals surface area contributed by atoms with Gasteiger partial charge < -0.3 is 28.7 Å². The summed E-state index contributed by atoms with van der Waals surface area (Å²) in [6.07, 6.45) is 5.56. The number of carbonyl (C=O) groups excluding carboxylic acids is 3. The van der Waals surface area contributed by atoms with Crippen molar-refractivity contribution in [2.45, 2.75) is 45.1 Å². The summed E-state index contributed by atoms with van der Waals surface area (Å²) in [7, 11) is 1.39. The van der Waals surface area contributed by atoms with Crippen molar-refractivity contribution >= 4 is 17.8 Å². The molecule has 0 saturated carbocycles. The van der Waals surface area contributed by atoms with E-state index in [0.29, 0.717) is 49.9 Å². The number of fused-ring (bicyclic) bond motifs is 2. The van der Waals surface area contributed by atoms with Crippen LogP contribution >= 0.6 is 0 Å². The fraction of sp³-hybridized carbons (Fsp3) is 0.577. The van der Waals surface area contributed by atoms with Crippen LogP contribution in [0.4, 0.5) is 0 Å². The molecular weight excluding hydrogens is 452 g/mol. The Balaban J connectivity index is 1.48. The number of ether oxygens (including phenoxy) is 4. The zero-order valence-corrected chi connectivity index (χ0v) is 20.1. The highest BCUT2D eigenvalue weighted by molar-refractivity contribution is 5.92. The molecule has 188 valence electrons. The van der Waals surface area contributed by atoms with Crippen LogP contribution in [-0.2, 0) is 30.4 Å². The molecule has 2 atom stereocenters. The van der Waals surface area contributed by atoms with Crippen LogP contribution in [0.15, 0.2) is 30.0 Å². The molecular formula is C26H32N2O7. The third-order valence-corrected chi connectivity index (χ3v) is 7.53. The maximum atomic E-state index is 13.9. The van der Waals surface area contributed by atoms with E-state index in [4.69, 9.17) is 18.9 Å². The zero-order chi connectivity index (χ0) is 24.4. The lowest BCUT2D eigenvalue weighted by Crippen LogP contribution is -2.53. The van der Waals surface area contributed by atoms with Gasteiger partial charge in [0.15, 0.2) is 11.5 Å². The number of benzene rings is 1. The van der Waals surface area contributed by atoms with Crippen LogP contribution in [0.5, 0.6) is 11.5 Å². The molecule has 35 heavy (non-hydrogen) atoms. The summed E-state index contributed by atoms with van der Waals surface area (Å²) in [4.78, 5) is 43.8. The molecule has 9 heteroatoms. The quantitative estimate of drug-likeness (QED) is 0.593. The molecule has 5 rings (SSSR count). The van der Waals surface area contributed by atoms with Gasteiger partial charge in [-0.1, -0.05) is 18.6 Å². The fourth-order valence-corrected chi connectivity index (χ4v) is 5.74. The lowest BCUT2D eigenvalue weighted by Gasteiger charge is -2.46. The molecule has 4 aliphatic rings. The smallest absolute Gasteiger partial charge is 0.317 e. The molecule has 0 spiro atoms. The van der Waals surface area contributed by atoms with Crippen molar-refractivity contribution in [2.24, 2.45) is 11.3 Å². The van der Waals surface area contributed by atoms with E-state index in [1.807, 2.05) is 24.3 Å². The summed E-state index contributed by atoms with van der Waals surface area (Å²) < 4.78 is 21.6. The summed E-state index contributed by atoms with van der Waals surface area (Å²) in [5, 5.41) is 0. The minimum absolute atomic E-state index is 0.0719. The Labute approximate surface area is 204 Å². The third kappa shape index (κ3) is 4.49. The predicted molar refractivity (Wildman–Crippen MR) is 124 cm³/mol. The van der Waals surface area contributed by atoms with Crippen molar-refractivity contribution in [3.63, 3.8) is 0 Å². The summed E-state index contributed by atoms with van der Waals surface area (Å²) in [6, 6.07) is 5.61. The van der Waals surface area contributed by atoms with Gasteiger partial charge in [0.2, 0.25) is 18.6 Å². The monoisotopic (exact) mass is 484 g/mol. The highest BCUT2D eigenvalue weighted by Gasteiger charge is 2.54. The molecule has 0 N–H and O–H groups in total. The topological polar surface area (TPSA) is 94.6 Å². The van der Waals surface area contributed by atoms with E-state index in [1.165, 1.54) is 7.11 Å². The van der Waals surface area contributed by atoms with Gasteiger partial charge in [0.25, 0.3) is 0 Å². The average molecular weight is 485 g/mol. The van der Waals surface area contributed by atoms with Gasteiger partial charge in [0.05, 0.1) is 26.9 Å². The second-order valence-electron chi connectivity index (χ2n) is 9.62. The molecule has 1 aromatic rings. The molecule has 2 saturated heterocycles. The molecule has 2 fully saturated rings. The van der Waals surface area contributed by atoms with Gasteiger partial charge in [0.1, 0.15) is 5.41 Å². The maximum absolute atomic E-state index is 13.9. The molecule has 3 aliphatic heterocycles. The normalized spacial score (nSPS) is 26.0. The Bertz CT molecular complexity index is 1030. The molecule has 0 unspecified atom stereocenters. The number of hydrogen-bond acceptors (Lipinski definition) is 7. The van der Waals surface area contributed by atoms with Crippen LogP contribution in [0.1, 0.15) is 44.1 Å². The number of allylic oxidation sites excluding steroid dienone is 1. The first-order chi connectivity index (χ1) is 17.0. The Morgan fingerprint density at radius 3 is 2.74 bits per heavy atom. The second kappa shape index (κ2) is 9.89. The van der Waals surface area contributed by atoms with Gasteiger partial charge in [-0.25, -0.2) is 0 Å². The fourth-order valence-electron chi connectivity index (χ4n) is 5.74. The van der Waals surface area contributed by atoms with Crippen LogP contribution in [0.2, 0.25) is 0 Å². The number of morpholine rings is 1. The van der Waals surface area contributed by atoms with Crippen LogP contribution in [0, 0.1) is 11.3 Å². The highest BCUT2D eigenvalue weighted by atomic mass is 16.7. The maximum Gasteiger partial charge on any atom is 0.317 e. The number of esters is 1. The van der Waals surface area contributed by atoms with E-state index < -0.39 is 11.3 Å². The van der Waals surface area contributed by atoms with Crippen molar-refractivity contribution in [3.8, 4) is 11.5 Å². The number of nitrogens with zero attached hydrogens (tertiary/aromatic N) is 2. The van der Waals surface area contributed by atoms with Crippen molar-refractivity contribution in [1.82, 2.24) is 9.80 Å². The van der Waals surface area contributed by atoms with Gasteiger partial charge in [-0.15, -0.1) is 0 Å². The van der Waals surface area contributed by atoms with Crippen molar-refractivity contribution in [1.29, 1.82) is 0 Å². The number of piperidine rings is 1. The van der Waals surface area contributed by atoms with Gasteiger partial charge in [-0.3, -0.25) is 14.4 Å². The van der Waals surface area contributed by atoms with Gasteiger partial charge in [-0.05, 0) is 43.4 Å². The van der Waals surface area contributed by atoms with E-state index in [-0.39, 0.29) is 44.0 Å². The first-order valence-corrected chi connectivity index (χ1v) is 12.4. The number of hydrogen-bond donors (Lipinski definition) is 0. The Morgan fingerprint density at radius 2 is 1.94 bits per heavy atom. The highest BCUT2D eigenvalue weighted by Crippen LogP contribution is 2.50. The number of likely N-dealkylation sites (tertiary alicyclic amines) is 1. The van der Waals surface area contributed by atoms with E-state index in [1.54, 1.807) is 9.80 Å². The van der Waals surface area contributed by atoms with Crippen molar-refractivity contribution in [2.75, 3.05) is 40.2 Å². The molecule has 2 amide bonds. The largest absolute Gasteiger partial charge is 0.468 e. The van der Waals surface area contributed by atoms with Crippen LogP contribution < -0.4 is 9.47 Å². The molecule has 0 aromatic heterocycles. The molecule has 1 aromatic carbocycles. The Morgan fingerprint density at radius 1 is 1.14 bits per heavy atom. The lowest BCUT2D eigenvalue weighted by atomic mass is 9.69.